The number of rotatable bonds is 5. The molecule has 98 valence electrons. The van der Waals surface area contributed by atoms with Gasteiger partial charge < -0.3 is 0 Å². The molecule has 1 aliphatic rings. The molecule has 0 saturated carbocycles. The zero-order valence-corrected chi connectivity index (χ0v) is 11.5. The minimum Gasteiger partial charge on any atom is -0.300 e. The summed E-state index contributed by atoms with van der Waals surface area (Å²) in [5, 5.41) is 3.64. The van der Waals surface area contributed by atoms with Crippen LogP contribution in [0.5, 0.6) is 0 Å². The minimum absolute atomic E-state index is 0.302. The fourth-order valence-electron chi connectivity index (χ4n) is 2.37. The van der Waals surface area contributed by atoms with Crippen LogP contribution < -0.4 is 5.32 Å². The summed E-state index contributed by atoms with van der Waals surface area (Å²) in [5.74, 6) is 0. The Bertz CT molecular complexity index is 522. The van der Waals surface area contributed by atoms with Crippen molar-refractivity contribution in [2.45, 2.75) is 25.4 Å². The number of allylic oxidation sites excluding steroid dienone is 2. The van der Waals surface area contributed by atoms with E-state index in [1.54, 1.807) is 6.08 Å². The Morgan fingerprint density at radius 1 is 1.26 bits per heavy atom. The molecule has 1 heteroatoms. The molecule has 2 unspecified atom stereocenters. The van der Waals surface area contributed by atoms with Crippen molar-refractivity contribution in [3.05, 3.63) is 84.5 Å². The second-order valence-corrected chi connectivity index (χ2v) is 5.06. The fraction of sp³-hybridized carbons (Fsp3) is 0.222. The maximum atomic E-state index is 4.08. The molecular formula is C18H21N. The average molecular weight is 251 g/mol. The molecule has 0 saturated heterocycles. The summed E-state index contributed by atoms with van der Waals surface area (Å²) < 4.78 is 0. The van der Waals surface area contributed by atoms with Crippen molar-refractivity contribution in [3.8, 4) is 0 Å². The van der Waals surface area contributed by atoms with E-state index in [4.69, 9.17) is 0 Å². The summed E-state index contributed by atoms with van der Waals surface area (Å²) in [6.07, 6.45) is 4.95. The molecule has 2 rings (SSSR count). The van der Waals surface area contributed by atoms with Gasteiger partial charge in [0, 0.05) is 6.04 Å². The maximum absolute atomic E-state index is 4.08. The molecule has 1 heterocycles. The van der Waals surface area contributed by atoms with Crippen molar-refractivity contribution in [1.82, 2.24) is 5.32 Å². The fourth-order valence-corrected chi connectivity index (χ4v) is 2.37. The Morgan fingerprint density at radius 2 is 1.95 bits per heavy atom. The molecule has 0 bridgehead atoms. The summed E-state index contributed by atoms with van der Waals surface area (Å²) in [5.41, 5.74) is 4.65. The Kier molecular flexibility index (Phi) is 4.18. The Labute approximate surface area is 116 Å². The van der Waals surface area contributed by atoms with E-state index >= 15 is 0 Å². The standard InChI is InChI=1S/C18H21N/c1-5-13(2)14(3)11-17-15(4)12-18(19-17)16-9-7-6-8-10-16/h5-10,12,17-19H,1-3,11H2,4H3. The van der Waals surface area contributed by atoms with Gasteiger partial charge in [-0.2, -0.15) is 0 Å². The third-order valence-electron chi connectivity index (χ3n) is 3.67. The Hall–Kier alpha value is -1.86. The SMILES string of the molecule is C=CC(=C)C(=C)CC1NC(c2ccccc2)C=C1C. The first-order chi connectivity index (χ1) is 9.11. The Balaban J connectivity index is 2.04. The van der Waals surface area contributed by atoms with E-state index in [1.165, 1.54) is 11.1 Å². The van der Waals surface area contributed by atoms with Crippen molar-refractivity contribution in [2.24, 2.45) is 0 Å². The van der Waals surface area contributed by atoms with Crippen LogP contribution in [0.1, 0.15) is 24.9 Å². The van der Waals surface area contributed by atoms with Gasteiger partial charge in [-0.05, 0) is 30.1 Å². The molecule has 1 aromatic rings. The Morgan fingerprint density at radius 3 is 2.58 bits per heavy atom. The highest BCUT2D eigenvalue weighted by Gasteiger charge is 2.24. The average Bonchev–Trinajstić information content (AvgIpc) is 2.80. The summed E-state index contributed by atoms with van der Waals surface area (Å²) in [6.45, 7) is 13.9. The molecule has 2 atom stereocenters. The first-order valence-electron chi connectivity index (χ1n) is 6.60. The number of nitrogens with one attached hydrogen (secondary N) is 1. The predicted octanol–water partition coefficient (Wildman–Crippen LogP) is 4.33. The molecule has 1 aromatic carbocycles. The van der Waals surface area contributed by atoms with E-state index < -0.39 is 0 Å². The third-order valence-corrected chi connectivity index (χ3v) is 3.67. The van der Waals surface area contributed by atoms with Crippen LogP contribution in [0.15, 0.2) is 78.9 Å². The summed E-state index contributed by atoms with van der Waals surface area (Å²) >= 11 is 0. The van der Waals surface area contributed by atoms with Crippen molar-refractivity contribution in [1.29, 1.82) is 0 Å². The van der Waals surface area contributed by atoms with Gasteiger partial charge in [-0.3, -0.25) is 5.32 Å². The maximum Gasteiger partial charge on any atom is 0.0514 e. The van der Waals surface area contributed by atoms with Crippen LogP contribution >= 0.6 is 0 Å². The molecule has 0 amide bonds. The van der Waals surface area contributed by atoms with Crippen molar-refractivity contribution in [2.75, 3.05) is 0 Å². The van der Waals surface area contributed by atoms with E-state index in [0.717, 1.165) is 17.6 Å². The van der Waals surface area contributed by atoms with E-state index in [1.807, 2.05) is 6.07 Å². The zero-order chi connectivity index (χ0) is 13.8. The summed E-state index contributed by atoms with van der Waals surface area (Å²) in [6, 6.07) is 11.1. The van der Waals surface area contributed by atoms with Gasteiger partial charge in [0.2, 0.25) is 0 Å². The summed E-state index contributed by atoms with van der Waals surface area (Å²) in [7, 11) is 0. The van der Waals surface area contributed by atoms with Crippen LogP contribution in [0.3, 0.4) is 0 Å². The number of hydrogen-bond acceptors (Lipinski definition) is 1. The van der Waals surface area contributed by atoms with Gasteiger partial charge >= 0.3 is 0 Å². The molecule has 19 heavy (non-hydrogen) atoms. The van der Waals surface area contributed by atoms with Crippen LogP contribution in [0, 0.1) is 0 Å². The van der Waals surface area contributed by atoms with Gasteiger partial charge in [-0.25, -0.2) is 0 Å². The van der Waals surface area contributed by atoms with Gasteiger partial charge in [0.25, 0.3) is 0 Å². The van der Waals surface area contributed by atoms with Crippen LogP contribution in [0.25, 0.3) is 0 Å². The van der Waals surface area contributed by atoms with E-state index in [0.29, 0.717) is 12.1 Å². The van der Waals surface area contributed by atoms with E-state index in [9.17, 15) is 0 Å². The molecule has 0 aromatic heterocycles. The van der Waals surface area contributed by atoms with Gasteiger partial charge in [0.15, 0.2) is 0 Å². The quantitative estimate of drug-likeness (QED) is 0.606. The third kappa shape index (κ3) is 3.12. The zero-order valence-electron chi connectivity index (χ0n) is 11.5. The molecule has 0 aliphatic carbocycles. The van der Waals surface area contributed by atoms with Gasteiger partial charge in [-0.15, -0.1) is 0 Å². The lowest BCUT2D eigenvalue weighted by atomic mass is 9.98. The van der Waals surface area contributed by atoms with E-state index in [-0.39, 0.29) is 0 Å². The number of benzene rings is 1. The highest BCUT2D eigenvalue weighted by Crippen LogP contribution is 2.28. The summed E-state index contributed by atoms with van der Waals surface area (Å²) in [4.78, 5) is 0. The molecule has 1 nitrogen and oxygen atoms in total. The lowest BCUT2D eigenvalue weighted by molar-refractivity contribution is 0.569. The van der Waals surface area contributed by atoms with Crippen LogP contribution in [0.2, 0.25) is 0 Å². The second-order valence-electron chi connectivity index (χ2n) is 5.06. The molecule has 0 radical (unpaired) electrons. The van der Waals surface area contributed by atoms with Crippen LogP contribution in [0.4, 0.5) is 0 Å². The van der Waals surface area contributed by atoms with Gasteiger partial charge in [0.05, 0.1) is 6.04 Å². The number of hydrogen-bond donors (Lipinski definition) is 1. The van der Waals surface area contributed by atoms with Crippen LogP contribution in [-0.2, 0) is 0 Å². The van der Waals surface area contributed by atoms with E-state index in [2.05, 4.69) is 62.3 Å². The molecule has 1 aliphatic heterocycles. The molecule has 0 spiro atoms. The molecule has 1 N–H and O–H groups in total. The highest BCUT2D eigenvalue weighted by molar-refractivity contribution is 5.38. The second kappa shape index (κ2) is 5.85. The molecule has 0 fully saturated rings. The first kappa shape index (κ1) is 13.6. The largest absolute Gasteiger partial charge is 0.300 e. The lowest BCUT2D eigenvalue weighted by Crippen LogP contribution is -2.27. The predicted molar refractivity (Wildman–Crippen MR) is 83.0 cm³/mol. The first-order valence-corrected chi connectivity index (χ1v) is 6.60. The van der Waals surface area contributed by atoms with Crippen molar-refractivity contribution in [3.63, 3.8) is 0 Å². The van der Waals surface area contributed by atoms with Gasteiger partial charge in [0.1, 0.15) is 0 Å². The van der Waals surface area contributed by atoms with Crippen LogP contribution in [-0.4, -0.2) is 6.04 Å². The smallest absolute Gasteiger partial charge is 0.0514 e. The van der Waals surface area contributed by atoms with Gasteiger partial charge in [-0.1, -0.05) is 67.8 Å². The topological polar surface area (TPSA) is 12.0 Å². The monoisotopic (exact) mass is 251 g/mol. The normalized spacial score (nSPS) is 21.8. The molecular weight excluding hydrogens is 230 g/mol. The highest BCUT2D eigenvalue weighted by atomic mass is 15.0. The minimum atomic E-state index is 0.302. The lowest BCUT2D eigenvalue weighted by Gasteiger charge is -2.18. The van der Waals surface area contributed by atoms with Crippen molar-refractivity contribution >= 4 is 0 Å². The van der Waals surface area contributed by atoms with Crippen molar-refractivity contribution < 1.29 is 0 Å².